The predicted molar refractivity (Wildman–Crippen MR) is 127 cm³/mol. The van der Waals surface area contributed by atoms with Crippen LogP contribution >= 0.6 is 0 Å². The van der Waals surface area contributed by atoms with E-state index in [2.05, 4.69) is 6.92 Å². The molecule has 0 radical (unpaired) electrons. The van der Waals surface area contributed by atoms with E-state index in [1.54, 1.807) is 0 Å². The highest BCUT2D eigenvalue weighted by Gasteiger charge is 2.16. The number of carboxylic acids is 1. The maximum absolute atomic E-state index is 11.8. The van der Waals surface area contributed by atoms with Crippen LogP contribution in [0.25, 0.3) is 0 Å². The second kappa shape index (κ2) is 18.9. The van der Waals surface area contributed by atoms with Gasteiger partial charge in [-0.2, -0.15) is 0 Å². The van der Waals surface area contributed by atoms with E-state index in [0.29, 0.717) is 13.0 Å². The number of esters is 1. The minimum absolute atomic E-state index is 0.126. The van der Waals surface area contributed by atoms with Gasteiger partial charge in [0.25, 0.3) is 0 Å². The van der Waals surface area contributed by atoms with Crippen LogP contribution in [0.4, 0.5) is 0 Å². The van der Waals surface area contributed by atoms with E-state index in [1.807, 2.05) is 30.3 Å². The van der Waals surface area contributed by atoms with Crippen molar-refractivity contribution < 1.29 is 19.4 Å². The normalized spacial score (nSPS) is 11.9. The van der Waals surface area contributed by atoms with E-state index >= 15 is 0 Å². The number of hydrogen-bond donors (Lipinski definition) is 1. The molecule has 0 saturated heterocycles. The van der Waals surface area contributed by atoms with Crippen LogP contribution in [-0.2, 0) is 20.9 Å². The minimum Gasteiger partial charge on any atom is -0.481 e. The number of hydrogen-bond acceptors (Lipinski definition) is 3. The van der Waals surface area contributed by atoms with Gasteiger partial charge >= 0.3 is 11.9 Å². The molecule has 0 heterocycles. The Balaban J connectivity index is 1.95. The highest BCUT2D eigenvalue weighted by Crippen LogP contribution is 2.20. The molecule has 1 aromatic carbocycles. The van der Waals surface area contributed by atoms with E-state index < -0.39 is 5.97 Å². The Hall–Kier alpha value is -1.84. The summed E-state index contributed by atoms with van der Waals surface area (Å²) in [5.41, 5.74) is 1.02. The topological polar surface area (TPSA) is 63.6 Å². The lowest BCUT2D eigenvalue weighted by atomic mass is 9.94. The maximum Gasteiger partial charge on any atom is 0.306 e. The first-order chi connectivity index (χ1) is 15.1. The second-order valence-corrected chi connectivity index (χ2v) is 8.75. The Bertz CT molecular complexity index is 570. The van der Waals surface area contributed by atoms with Crippen molar-refractivity contribution in [1.29, 1.82) is 0 Å². The second-order valence-electron chi connectivity index (χ2n) is 8.75. The zero-order chi connectivity index (χ0) is 22.6. The third-order valence-corrected chi connectivity index (χ3v) is 5.93. The van der Waals surface area contributed by atoms with Crippen molar-refractivity contribution >= 4 is 11.9 Å². The zero-order valence-corrected chi connectivity index (χ0v) is 19.7. The molecule has 0 aromatic heterocycles. The highest BCUT2D eigenvalue weighted by molar-refractivity contribution is 5.70. The SMILES string of the molecule is CCCCCCCCCC(CCCCCCCCC(=O)OCc1ccccc1)C(=O)O. The molecule has 0 aliphatic carbocycles. The molecule has 1 aromatic rings. The van der Waals surface area contributed by atoms with E-state index in [9.17, 15) is 14.7 Å². The summed E-state index contributed by atoms with van der Waals surface area (Å²) >= 11 is 0. The van der Waals surface area contributed by atoms with E-state index in [0.717, 1.165) is 63.4 Å². The fourth-order valence-corrected chi connectivity index (χ4v) is 3.92. The van der Waals surface area contributed by atoms with Crippen LogP contribution in [0.1, 0.15) is 115 Å². The molecule has 0 aliphatic rings. The Morgan fingerprint density at radius 2 is 1.29 bits per heavy atom. The number of rotatable bonds is 20. The molecule has 1 N–H and O–H groups in total. The van der Waals surface area contributed by atoms with Gasteiger partial charge in [0.15, 0.2) is 0 Å². The first kappa shape index (κ1) is 27.2. The number of aliphatic carboxylic acids is 1. The molecular formula is C27H44O4. The summed E-state index contributed by atoms with van der Waals surface area (Å²) in [7, 11) is 0. The van der Waals surface area contributed by atoms with Gasteiger partial charge in [-0.25, -0.2) is 0 Å². The molecule has 0 bridgehead atoms. The Morgan fingerprint density at radius 3 is 1.84 bits per heavy atom. The number of carboxylic acid groups (broad SMARTS) is 1. The van der Waals surface area contributed by atoms with Gasteiger partial charge in [0.1, 0.15) is 6.61 Å². The quantitative estimate of drug-likeness (QED) is 0.169. The predicted octanol–water partition coefficient (Wildman–Crippen LogP) is 7.69. The minimum atomic E-state index is -0.625. The van der Waals surface area contributed by atoms with Gasteiger partial charge in [-0.3, -0.25) is 9.59 Å². The molecule has 0 fully saturated rings. The van der Waals surface area contributed by atoms with Gasteiger partial charge < -0.3 is 9.84 Å². The Kier molecular flexibility index (Phi) is 16.6. The van der Waals surface area contributed by atoms with E-state index in [-0.39, 0.29) is 11.9 Å². The molecule has 0 aliphatic heterocycles. The molecule has 0 spiro atoms. The van der Waals surface area contributed by atoms with Crippen molar-refractivity contribution in [3.63, 3.8) is 0 Å². The summed E-state index contributed by atoms with van der Waals surface area (Å²) in [6.45, 7) is 2.57. The van der Waals surface area contributed by atoms with Gasteiger partial charge in [-0.15, -0.1) is 0 Å². The standard InChI is InChI=1S/C27H44O4/c1-2-3-4-5-6-9-15-20-25(27(29)30)21-16-10-7-8-11-17-22-26(28)31-23-24-18-13-12-14-19-24/h12-14,18-19,25H,2-11,15-17,20-23H2,1H3,(H,29,30). The summed E-state index contributed by atoms with van der Waals surface area (Å²) in [4.78, 5) is 23.3. The molecule has 4 nitrogen and oxygen atoms in total. The van der Waals surface area contributed by atoms with E-state index in [1.165, 1.54) is 38.5 Å². The van der Waals surface area contributed by atoms with Gasteiger partial charge in [0, 0.05) is 6.42 Å². The van der Waals surface area contributed by atoms with Crippen molar-refractivity contribution in [1.82, 2.24) is 0 Å². The third kappa shape index (κ3) is 15.6. The maximum atomic E-state index is 11.8. The molecule has 1 atom stereocenters. The number of unbranched alkanes of at least 4 members (excludes halogenated alkanes) is 11. The molecule has 1 unspecified atom stereocenters. The summed E-state index contributed by atoms with van der Waals surface area (Å²) in [5.74, 6) is -0.923. The summed E-state index contributed by atoms with van der Waals surface area (Å²) in [5, 5.41) is 9.44. The molecule has 1 rings (SSSR count). The van der Waals surface area contributed by atoms with Crippen molar-refractivity contribution in [2.45, 2.75) is 116 Å². The lowest BCUT2D eigenvalue weighted by Gasteiger charge is -2.12. The zero-order valence-electron chi connectivity index (χ0n) is 19.7. The molecule has 31 heavy (non-hydrogen) atoms. The number of carbonyl (C=O) groups is 2. The average Bonchev–Trinajstić information content (AvgIpc) is 2.77. The summed E-state index contributed by atoms with van der Waals surface area (Å²) < 4.78 is 5.29. The Labute approximate surface area is 189 Å². The van der Waals surface area contributed by atoms with Crippen molar-refractivity contribution in [2.75, 3.05) is 0 Å². The fourth-order valence-electron chi connectivity index (χ4n) is 3.92. The summed E-state index contributed by atoms with van der Waals surface area (Å²) in [6, 6.07) is 9.74. The first-order valence-corrected chi connectivity index (χ1v) is 12.6. The lowest BCUT2D eigenvalue weighted by Crippen LogP contribution is -2.13. The van der Waals surface area contributed by atoms with Gasteiger partial charge in [-0.05, 0) is 24.8 Å². The van der Waals surface area contributed by atoms with E-state index in [4.69, 9.17) is 4.74 Å². The van der Waals surface area contributed by atoms with Gasteiger partial charge in [0.2, 0.25) is 0 Å². The molecule has 4 heteroatoms. The smallest absolute Gasteiger partial charge is 0.306 e. The van der Waals surface area contributed by atoms with Gasteiger partial charge in [-0.1, -0.05) is 114 Å². The Morgan fingerprint density at radius 1 is 0.774 bits per heavy atom. The highest BCUT2D eigenvalue weighted by atomic mass is 16.5. The van der Waals surface area contributed by atoms with Crippen LogP contribution in [0.3, 0.4) is 0 Å². The van der Waals surface area contributed by atoms with Crippen LogP contribution in [0, 0.1) is 5.92 Å². The third-order valence-electron chi connectivity index (χ3n) is 5.93. The fraction of sp³-hybridized carbons (Fsp3) is 0.704. The van der Waals surface area contributed by atoms with Gasteiger partial charge in [0.05, 0.1) is 5.92 Å². The van der Waals surface area contributed by atoms with Crippen molar-refractivity contribution in [2.24, 2.45) is 5.92 Å². The summed E-state index contributed by atoms with van der Waals surface area (Å²) in [6.07, 6.45) is 16.9. The van der Waals surface area contributed by atoms with Crippen LogP contribution in [0.15, 0.2) is 30.3 Å². The van der Waals surface area contributed by atoms with Crippen LogP contribution in [-0.4, -0.2) is 17.0 Å². The number of benzene rings is 1. The molecule has 0 amide bonds. The van der Waals surface area contributed by atoms with Crippen LogP contribution in [0.5, 0.6) is 0 Å². The molecule has 0 saturated carbocycles. The number of ether oxygens (including phenoxy) is 1. The molecular weight excluding hydrogens is 388 g/mol. The molecule has 176 valence electrons. The van der Waals surface area contributed by atoms with Crippen LogP contribution < -0.4 is 0 Å². The van der Waals surface area contributed by atoms with Crippen molar-refractivity contribution in [3.8, 4) is 0 Å². The van der Waals surface area contributed by atoms with Crippen molar-refractivity contribution in [3.05, 3.63) is 35.9 Å². The number of carbonyl (C=O) groups excluding carboxylic acids is 1. The first-order valence-electron chi connectivity index (χ1n) is 12.6. The largest absolute Gasteiger partial charge is 0.481 e. The average molecular weight is 433 g/mol. The van der Waals surface area contributed by atoms with Crippen LogP contribution in [0.2, 0.25) is 0 Å². The lowest BCUT2D eigenvalue weighted by molar-refractivity contribution is -0.145. The monoisotopic (exact) mass is 432 g/mol.